The van der Waals surface area contributed by atoms with Crippen LogP contribution in [-0.4, -0.2) is 11.9 Å². The lowest BCUT2D eigenvalue weighted by Gasteiger charge is -2.33. The molecule has 0 bridgehead atoms. The fraction of sp³-hybridized carbons (Fsp3) is 0.500. The van der Waals surface area contributed by atoms with E-state index in [2.05, 4.69) is 0 Å². The van der Waals surface area contributed by atoms with E-state index >= 15 is 0 Å². The summed E-state index contributed by atoms with van der Waals surface area (Å²) in [7, 11) is 0. The van der Waals surface area contributed by atoms with Gasteiger partial charge in [-0.15, -0.1) is 0 Å². The summed E-state index contributed by atoms with van der Waals surface area (Å²) < 4.78 is 0. The summed E-state index contributed by atoms with van der Waals surface area (Å²) >= 11 is 0. The van der Waals surface area contributed by atoms with Gasteiger partial charge in [-0.25, -0.2) is 0 Å². The average Bonchev–Trinajstić information content (AvgIpc) is 2.31. The van der Waals surface area contributed by atoms with Crippen LogP contribution in [0.3, 0.4) is 0 Å². The second kappa shape index (κ2) is 5.15. The number of hydrogen-bond acceptors (Lipinski definition) is 1. The van der Waals surface area contributed by atoms with Gasteiger partial charge in [-0.05, 0) is 25.0 Å². The molecule has 1 aromatic rings. The SMILES string of the molecule is CC(=O)N(c1ccccc1)C1CCCCC1. The highest BCUT2D eigenvalue weighted by molar-refractivity contribution is 5.92. The van der Waals surface area contributed by atoms with Crippen LogP contribution >= 0.6 is 0 Å². The molecule has 1 aromatic carbocycles. The van der Waals surface area contributed by atoms with Crippen LogP contribution in [0.4, 0.5) is 5.69 Å². The van der Waals surface area contributed by atoms with E-state index in [-0.39, 0.29) is 5.91 Å². The van der Waals surface area contributed by atoms with Gasteiger partial charge in [-0.2, -0.15) is 0 Å². The van der Waals surface area contributed by atoms with Crippen molar-refractivity contribution in [2.75, 3.05) is 4.90 Å². The smallest absolute Gasteiger partial charge is 0.224 e. The molecule has 0 heterocycles. The number of carbonyl (C=O) groups is 1. The number of amides is 1. The third kappa shape index (κ3) is 2.43. The predicted molar refractivity (Wildman–Crippen MR) is 66.5 cm³/mol. The molecule has 1 aliphatic carbocycles. The minimum Gasteiger partial charge on any atom is -0.310 e. The zero-order valence-corrected chi connectivity index (χ0v) is 9.86. The Hall–Kier alpha value is -1.31. The maximum Gasteiger partial charge on any atom is 0.224 e. The fourth-order valence-corrected chi connectivity index (χ4v) is 2.58. The van der Waals surface area contributed by atoms with E-state index in [1.54, 1.807) is 6.92 Å². The third-order valence-electron chi connectivity index (χ3n) is 3.31. The summed E-state index contributed by atoms with van der Waals surface area (Å²) in [5.74, 6) is 0.165. The summed E-state index contributed by atoms with van der Waals surface area (Å²) in [5.41, 5.74) is 1.04. The van der Waals surface area contributed by atoms with Gasteiger partial charge < -0.3 is 4.90 Å². The normalized spacial score (nSPS) is 17.1. The molecule has 1 aliphatic rings. The maximum absolute atomic E-state index is 11.8. The molecule has 16 heavy (non-hydrogen) atoms. The van der Waals surface area contributed by atoms with Crippen molar-refractivity contribution < 1.29 is 4.79 Å². The van der Waals surface area contributed by atoms with Crippen LogP contribution in [0.5, 0.6) is 0 Å². The number of nitrogens with zero attached hydrogens (tertiary/aromatic N) is 1. The maximum atomic E-state index is 11.8. The third-order valence-corrected chi connectivity index (χ3v) is 3.31. The lowest BCUT2D eigenvalue weighted by atomic mass is 9.93. The van der Waals surface area contributed by atoms with Gasteiger partial charge in [0.25, 0.3) is 0 Å². The zero-order chi connectivity index (χ0) is 11.4. The first-order chi connectivity index (χ1) is 7.79. The second-order valence-corrected chi connectivity index (χ2v) is 4.52. The fourth-order valence-electron chi connectivity index (χ4n) is 2.58. The van der Waals surface area contributed by atoms with Crippen molar-refractivity contribution in [1.29, 1.82) is 0 Å². The van der Waals surface area contributed by atoms with Crippen molar-refractivity contribution in [3.63, 3.8) is 0 Å². The predicted octanol–water partition coefficient (Wildman–Crippen LogP) is 3.37. The van der Waals surface area contributed by atoms with Crippen LogP contribution in [0.2, 0.25) is 0 Å². The van der Waals surface area contributed by atoms with E-state index in [0.29, 0.717) is 6.04 Å². The largest absolute Gasteiger partial charge is 0.310 e. The van der Waals surface area contributed by atoms with Gasteiger partial charge in [-0.3, -0.25) is 4.79 Å². The van der Waals surface area contributed by atoms with Crippen LogP contribution in [0, 0.1) is 0 Å². The summed E-state index contributed by atoms with van der Waals surface area (Å²) in [4.78, 5) is 13.7. The van der Waals surface area contributed by atoms with E-state index in [1.807, 2.05) is 35.2 Å². The molecule has 0 radical (unpaired) electrons. The van der Waals surface area contributed by atoms with E-state index < -0.39 is 0 Å². The Kier molecular flexibility index (Phi) is 3.60. The van der Waals surface area contributed by atoms with Gasteiger partial charge in [0.15, 0.2) is 0 Å². The van der Waals surface area contributed by atoms with E-state index in [0.717, 1.165) is 18.5 Å². The van der Waals surface area contributed by atoms with Gasteiger partial charge in [-0.1, -0.05) is 37.5 Å². The highest BCUT2D eigenvalue weighted by Gasteiger charge is 2.24. The standard InChI is InChI=1S/C14H19NO/c1-12(16)15(13-8-4-2-5-9-13)14-10-6-3-7-11-14/h2,4-5,8-9,14H,3,6-7,10-11H2,1H3. The van der Waals surface area contributed by atoms with Crippen LogP contribution < -0.4 is 4.90 Å². The number of anilines is 1. The lowest BCUT2D eigenvalue weighted by Crippen LogP contribution is -2.40. The molecule has 2 heteroatoms. The van der Waals surface area contributed by atoms with Crippen molar-refractivity contribution in [2.45, 2.75) is 45.1 Å². The average molecular weight is 217 g/mol. The second-order valence-electron chi connectivity index (χ2n) is 4.52. The molecule has 86 valence electrons. The van der Waals surface area contributed by atoms with Crippen LogP contribution in [0.1, 0.15) is 39.0 Å². The molecule has 0 N–H and O–H groups in total. The zero-order valence-electron chi connectivity index (χ0n) is 9.86. The quantitative estimate of drug-likeness (QED) is 0.743. The Morgan fingerprint density at radius 3 is 2.31 bits per heavy atom. The van der Waals surface area contributed by atoms with E-state index in [4.69, 9.17) is 0 Å². The molecule has 0 aromatic heterocycles. The summed E-state index contributed by atoms with van der Waals surface area (Å²) in [6.07, 6.45) is 6.11. The lowest BCUT2D eigenvalue weighted by molar-refractivity contribution is -0.117. The number of carbonyl (C=O) groups excluding carboxylic acids is 1. The number of rotatable bonds is 2. The summed E-state index contributed by atoms with van der Waals surface area (Å²) in [6.45, 7) is 1.67. The molecule has 0 unspecified atom stereocenters. The molecular formula is C14H19NO. The topological polar surface area (TPSA) is 20.3 Å². The Morgan fingerprint density at radius 2 is 1.75 bits per heavy atom. The molecule has 2 nitrogen and oxygen atoms in total. The summed E-state index contributed by atoms with van der Waals surface area (Å²) in [5, 5.41) is 0. The van der Waals surface area contributed by atoms with Gasteiger partial charge in [0, 0.05) is 18.7 Å². The minimum atomic E-state index is 0.165. The molecule has 0 saturated heterocycles. The van der Waals surface area contributed by atoms with Gasteiger partial charge >= 0.3 is 0 Å². The first-order valence-corrected chi connectivity index (χ1v) is 6.14. The molecule has 0 spiro atoms. The van der Waals surface area contributed by atoms with Crippen LogP contribution in [0.25, 0.3) is 0 Å². The Morgan fingerprint density at radius 1 is 1.12 bits per heavy atom. The molecule has 1 fully saturated rings. The Bertz CT molecular complexity index is 341. The van der Waals surface area contributed by atoms with Gasteiger partial charge in [0.05, 0.1) is 0 Å². The monoisotopic (exact) mass is 217 g/mol. The van der Waals surface area contributed by atoms with Gasteiger partial charge in [0.2, 0.25) is 5.91 Å². The Labute approximate surface area is 97.3 Å². The van der Waals surface area contributed by atoms with E-state index in [9.17, 15) is 4.79 Å². The Balaban J connectivity index is 2.20. The first kappa shape index (κ1) is 11.2. The van der Waals surface area contributed by atoms with Crippen molar-refractivity contribution >= 4 is 11.6 Å². The van der Waals surface area contributed by atoms with Crippen LogP contribution in [0.15, 0.2) is 30.3 Å². The number of benzene rings is 1. The van der Waals surface area contributed by atoms with Crippen molar-refractivity contribution in [1.82, 2.24) is 0 Å². The molecule has 2 rings (SSSR count). The van der Waals surface area contributed by atoms with E-state index in [1.165, 1.54) is 19.3 Å². The first-order valence-electron chi connectivity index (χ1n) is 6.14. The van der Waals surface area contributed by atoms with Crippen LogP contribution in [-0.2, 0) is 4.79 Å². The highest BCUT2D eigenvalue weighted by Crippen LogP contribution is 2.27. The van der Waals surface area contributed by atoms with Crippen molar-refractivity contribution in [3.05, 3.63) is 30.3 Å². The minimum absolute atomic E-state index is 0.165. The number of hydrogen-bond donors (Lipinski definition) is 0. The molecule has 0 atom stereocenters. The number of para-hydroxylation sites is 1. The van der Waals surface area contributed by atoms with Gasteiger partial charge in [0.1, 0.15) is 0 Å². The summed E-state index contributed by atoms with van der Waals surface area (Å²) in [6, 6.07) is 10.4. The molecule has 1 saturated carbocycles. The molecular weight excluding hydrogens is 198 g/mol. The molecule has 1 amide bonds. The highest BCUT2D eigenvalue weighted by atomic mass is 16.2. The van der Waals surface area contributed by atoms with Crippen molar-refractivity contribution in [2.24, 2.45) is 0 Å². The molecule has 0 aliphatic heterocycles. The van der Waals surface area contributed by atoms with Crippen molar-refractivity contribution in [3.8, 4) is 0 Å².